The van der Waals surface area contributed by atoms with Gasteiger partial charge in [0, 0.05) is 37.8 Å². The van der Waals surface area contributed by atoms with E-state index in [4.69, 9.17) is 11.6 Å². The Morgan fingerprint density at radius 1 is 1.07 bits per heavy atom. The van der Waals surface area contributed by atoms with Crippen LogP contribution in [-0.4, -0.2) is 24.0 Å². The summed E-state index contributed by atoms with van der Waals surface area (Å²) in [5, 5.41) is 6.75. The van der Waals surface area contributed by atoms with Gasteiger partial charge in [0.2, 0.25) is 5.91 Å². The van der Waals surface area contributed by atoms with Crippen LogP contribution in [0.15, 0.2) is 60.8 Å². The van der Waals surface area contributed by atoms with Crippen LogP contribution in [0.3, 0.4) is 0 Å². The summed E-state index contributed by atoms with van der Waals surface area (Å²) in [5.41, 5.74) is 6.47. The Labute approximate surface area is 183 Å². The lowest BCUT2D eigenvalue weighted by Crippen LogP contribution is -2.29. The van der Waals surface area contributed by atoms with Gasteiger partial charge in [0.05, 0.1) is 5.69 Å². The second kappa shape index (κ2) is 10.7. The maximum absolute atomic E-state index is 10.9. The van der Waals surface area contributed by atoms with Gasteiger partial charge >= 0.3 is 0 Å². The highest BCUT2D eigenvalue weighted by atomic mass is 35.5. The van der Waals surface area contributed by atoms with Crippen LogP contribution in [-0.2, 0) is 11.3 Å². The van der Waals surface area contributed by atoms with Gasteiger partial charge in [0.15, 0.2) is 0 Å². The van der Waals surface area contributed by atoms with Crippen molar-refractivity contribution in [2.24, 2.45) is 0 Å². The molecule has 0 bridgehead atoms. The molecule has 0 radical (unpaired) electrons. The highest BCUT2D eigenvalue weighted by Crippen LogP contribution is 2.26. The van der Waals surface area contributed by atoms with E-state index in [0.29, 0.717) is 24.7 Å². The zero-order valence-corrected chi connectivity index (χ0v) is 18.0. The first-order chi connectivity index (χ1) is 14.5. The molecule has 2 aromatic carbocycles. The van der Waals surface area contributed by atoms with E-state index in [-0.39, 0.29) is 5.91 Å². The summed E-state index contributed by atoms with van der Waals surface area (Å²) in [7, 11) is 0. The molecule has 4 nitrogen and oxygen atoms in total. The number of aromatic nitrogens is 1. The van der Waals surface area contributed by atoms with Crippen molar-refractivity contribution in [3.8, 4) is 11.1 Å². The van der Waals surface area contributed by atoms with E-state index in [0.717, 1.165) is 22.4 Å². The van der Waals surface area contributed by atoms with Crippen LogP contribution in [0.5, 0.6) is 0 Å². The Balaban J connectivity index is 1.67. The zero-order valence-electron chi connectivity index (χ0n) is 17.3. The van der Waals surface area contributed by atoms with Gasteiger partial charge in [0.1, 0.15) is 0 Å². The fourth-order valence-corrected chi connectivity index (χ4v) is 3.46. The monoisotopic (exact) mass is 419 g/mol. The first-order valence-electron chi connectivity index (χ1n) is 9.97. The smallest absolute Gasteiger partial charge is 0.216 e. The Morgan fingerprint density at radius 2 is 1.87 bits per heavy atom. The molecule has 3 rings (SSSR count). The van der Waals surface area contributed by atoms with Gasteiger partial charge in [-0.25, -0.2) is 0 Å². The van der Waals surface area contributed by atoms with Crippen LogP contribution in [0.1, 0.15) is 29.3 Å². The van der Waals surface area contributed by atoms with E-state index in [1.165, 1.54) is 18.1 Å². The fourth-order valence-electron chi connectivity index (χ4n) is 3.19. The van der Waals surface area contributed by atoms with Crippen molar-refractivity contribution < 1.29 is 4.79 Å². The zero-order chi connectivity index (χ0) is 21.3. The first-order valence-corrected chi connectivity index (χ1v) is 10.3. The second-order valence-corrected chi connectivity index (χ2v) is 7.49. The average molecular weight is 420 g/mol. The molecule has 3 aromatic rings. The molecule has 1 amide bonds. The van der Waals surface area contributed by atoms with E-state index in [1.807, 2.05) is 54.7 Å². The van der Waals surface area contributed by atoms with E-state index < -0.39 is 0 Å². The molecular weight excluding hydrogens is 394 g/mol. The summed E-state index contributed by atoms with van der Waals surface area (Å²) in [6.45, 7) is 5.62. The van der Waals surface area contributed by atoms with Crippen molar-refractivity contribution in [1.82, 2.24) is 15.6 Å². The third-order valence-electron chi connectivity index (χ3n) is 4.82. The molecule has 154 valence electrons. The number of pyridine rings is 1. The summed E-state index contributed by atoms with van der Waals surface area (Å²) < 4.78 is 0. The highest BCUT2D eigenvalue weighted by molar-refractivity contribution is 6.32. The molecule has 0 saturated carbocycles. The third-order valence-corrected chi connectivity index (χ3v) is 5.15. The molecule has 1 heterocycles. The van der Waals surface area contributed by atoms with Crippen LogP contribution in [0, 0.1) is 6.92 Å². The number of nitrogens with zero attached hydrogens (tertiary/aromatic N) is 1. The topological polar surface area (TPSA) is 54.0 Å². The van der Waals surface area contributed by atoms with Gasteiger partial charge in [-0.15, -0.1) is 0 Å². The van der Waals surface area contributed by atoms with Crippen LogP contribution in [0.25, 0.3) is 23.3 Å². The number of nitrogens with one attached hydrogen (secondary N) is 2. The summed E-state index contributed by atoms with van der Waals surface area (Å²) >= 11 is 6.49. The van der Waals surface area contributed by atoms with Crippen molar-refractivity contribution >= 4 is 29.7 Å². The Morgan fingerprint density at radius 3 is 2.60 bits per heavy atom. The number of rotatable bonds is 8. The molecule has 0 fully saturated rings. The van der Waals surface area contributed by atoms with E-state index in [1.54, 1.807) is 0 Å². The fraction of sp³-hybridized carbons (Fsp3) is 0.200. The minimum atomic E-state index is -0.0185. The molecule has 0 aliphatic rings. The molecule has 0 spiro atoms. The van der Waals surface area contributed by atoms with Gasteiger partial charge in [-0.05, 0) is 52.9 Å². The molecule has 1 aromatic heterocycles. The number of hydrogen-bond donors (Lipinski definition) is 2. The lowest BCUT2D eigenvalue weighted by atomic mass is 10.00. The van der Waals surface area contributed by atoms with Gasteiger partial charge in [-0.2, -0.15) is 0 Å². The summed E-state index contributed by atoms with van der Waals surface area (Å²) in [4.78, 5) is 15.4. The number of amides is 1. The molecule has 30 heavy (non-hydrogen) atoms. The minimum Gasteiger partial charge on any atom is -0.355 e. The third kappa shape index (κ3) is 6.02. The summed E-state index contributed by atoms with van der Waals surface area (Å²) in [5.74, 6) is -0.0185. The highest BCUT2D eigenvalue weighted by Gasteiger charge is 2.06. The second-order valence-electron chi connectivity index (χ2n) is 7.08. The maximum atomic E-state index is 10.9. The van der Waals surface area contributed by atoms with E-state index in [9.17, 15) is 4.79 Å². The molecule has 0 unspecified atom stereocenters. The van der Waals surface area contributed by atoms with Crippen LogP contribution in [0.2, 0.25) is 5.02 Å². The van der Waals surface area contributed by atoms with Gasteiger partial charge in [-0.3, -0.25) is 9.78 Å². The van der Waals surface area contributed by atoms with Crippen molar-refractivity contribution in [3.63, 3.8) is 0 Å². The SMILES string of the molecule is CC(=O)NCCNCc1ccc(/C=C/c2nccc(-c3ccccc3)c2C)c(Cl)c1. The normalized spacial score (nSPS) is 11.0. The van der Waals surface area contributed by atoms with Crippen LogP contribution in [0.4, 0.5) is 0 Å². The molecule has 2 N–H and O–H groups in total. The minimum absolute atomic E-state index is 0.0185. The standard InChI is InChI=1S/C25H26ClN3O/c1-18-23(21-6-4-3-5-7-21)12-13-29-25(18)11-10-22-9-8-20(16-24(22)26)17-27-14-15-28-19(2)30/h3-13,16,27H,14-15,17H2,1-2H3,(H,28,30)/b11-10+. The summed E-state index contributed by atoms with van der Waals surface area (Å²) in [6.07, 6.45) is 5.85. The Bertz CT molecular complexity index is 1030. The van der Waals surface area contributed by atoms with Crippen molar-refractivity contribution in [2.45, 2.75) is 20.4 Å². The maximum Gasteiger partial charge on any atom is 0.216 e. The molecular formula is C25H26ClN3O. The van der Waals surface area contributed by atoms with Gasteiger partial charge < -0.3 is 10.6 Å². The number of halogens is 1. The predicted octanol–water partition coefficient (Wildman–Crippen LogP) is 5.11. The number of carbonyl (C=O) groups excluding carboxylic acids is 1. The van der Waals surface area contributed by atoms with E-state index in [2.05, 4.69) is 40.7 Å². The Kier molecular flexibility index (Phi) is 7.77. The van der Waals surface area contributed by atoms with Crippen molar-refractivity contribution in [3.05, 3.63) is 88.2 Å². The predicted molar refractivity (Wildman–Crippen MR) is 125 cm³/mol. The van der Waals surface area contributed by atoms with Crippen molar-refractivity contribution in [1.29, 1.82) is 0 Å². The summed E-state index contributed by atoms with van der Waals surface area (Å²) in [6, 6.07) is 18.4. The molecule has 0 aliphatic carbocycles. The van der Waals surface area contributed by atoms with Crippen molar-refractivity contribution in [2.75, 3.05) is 13.1 Å². The molecule has 0 atom stereocenters. The average Bonchev–Trinajstić information content (AvgIpc) is 2.74. The Hall–Kier alpha value is -2.95. The molecule has 5 heteroatoms. The van der Waals surface area contributed by atoms with Gasteiger partial charge in [-0.1, -0.05) is 60.1 Å². The number of benzene rings is 2. The molecule has 0 saturated heterocycles. The number of hydrogen-bond acceptors (Lipinski definition) is 3. The van der Waals surface area contributed by atoms with Gasteiger partial charge in [0.25, 0.3) is 0 Å². The number of carbonyl (C=O) groups is 1. The largest absolute Gasteiger partial charge is 0.355 e. The lowest BCUT2D eigenvalue weighted by Gasteiger charge is -2.09. The lowest BCUT2D eigenvalue weighted by molar-refractivity contribution is -0.118. The van der Waals surface area contributed by atoms with Crippen LogP contribution >= 0.6 is 11.6 Å². The quantitative estimate of drug-likeness (QED) is 0.499. The first kappa shape index (κ1) is 21.8. The molecule has 0 aliphatic heterocycles. The van der Waals surface area contributed by atoms with E-state index >= 15 is 0 Å². The van der Waals surface area contributed by atoms with Crippen LogP contribution < -0.4 is 10.6 Å².